The van der Waals surface area contributed by atoms with Crippen LogP contribution >= 0.6 is 0 Å². The summed E-state index contributed by atoms with van der Waals surface area (Å²) >= 11 is 0. The fourth-order valence-electron chi connectivity index (χ4n) is 2.19. The summed E-state index contributed by atoms with van der Waals surface area (Å²) in [5, 5.41) is 3.58. The molecule has 0 aliphatic rings. The molecule has 0 spiro atoms. The Balaban J connectivity index is 2.35. The average Bonchev–Trinajstić information content (AvgIpc) is 2.39. The van der Waals surface area contributed by atoms with Gasteiger partial charge in [0.15, 0.2) is 0 Å². The summed E-state index contributed by atoms with van der Waals surface area (Å²) in [5.74, 6) is 0. The Kier molecular flexibility index (Phi) is 4.63. The smallest absolute Gasteiger partial charge is 0.0607 e. The zero-order chi connectivity index (χ0) is 13.7. The molecule has 2 aromatic rings. The van der Waals surface area contributed by atoms with Crippen molar-refractivity contribution < 1.29 is 0 Å². The Morgan fingerprint density at radius 1 is 0.947 bits per heavy atom. The fourth-order valence-corrected chi connectivity index (χ4v) is 2.19. The van der Waals surface area contributed by atoms with Gasteiger partial charge in [-0.3, -0.25) is 9.97 Å². The predicted octanol–water partition coefficient (Wildman–Crippen LogP) is 3.18. The molecule has 0 aromatic carbocycles. The van der Waals surface area contributed by atoms with E-state index in [4.69, 9.17) is 0 Å². The third-order valence-corrected chi connectivity index (χ3v) is 3.06. The molecule has 0 aliphatic heterocycles. The zero-order valence-corrected chi connectivity index (χ0v) is 11.9. The van der Waals surface area contributed by atoms with E-state index in [1.54, 1.807) is 0 Å². The summed E-state index contributed by atoms with van der Waals surface area (Å²) in [6.07, 6.45) is 8.74. The average molecular weight is 255 g/mol. The highest BCUT2D eigenvalue weighted by atomic mass is 14.9. The first-order valence-corrected chi connectivity index (χ1v) is 6.77. The summed E-state index contributed by atoms with van der Waals surface area (Å²) in [6, 6.07) is 4.53. The number of aromatic nitrogens is 2. The molecule has 0 amide bonds. The van der Waals surface area contributed by atoms with Gasteiger partial charge in [0.25, 0.3) is 0 Å². The number of pyridine rings is 2. The molecular weight excluding hydrogens is 234 g/mol. The molecule has 1 N–H and O–H groups in total. The van der Waals surface area contributed by atoms with Crippen LogP contribution in [-0.2, 0) is 0 Å². The molecule has 0 unspecified atom stereocenters. The van der Waals surface area contributed by atoms with Crippen LogP contribution in [-0.4, -0.2) is 16.5 Å². The molecule has 0 atom stereocenters. The van der Waals surface area contributed by atoms with Crippen LogP contribution in [0.3, 0.4) is 0 Å². The van der Waals surface area contributed by atoms with E-state index in [-0.39, 0.29) is 6.04 Å². The molecule has 0 aliphatic carbocycles. The van der Waals surface area contributed by atoms with Gasteiger partial charge in [-0.15, -0.1) is 0 Å². The number of hydrogen-bond acceptors (Lipinski definition) is 3. The van der Waals surface area contributed by atoms with E-state index in [0.717, 1.165) is 13.0 Å². The van der Waals surface area contributed by atoms with E-state index < -0.39 is 0 Å². The number of aryl methyl sites for hydroxylation is 2. The number of nitrogens with zero attached hydrogens (tertiary/aromatic N) is 2. The molecule has 0 fully saturated rings. The van der Waals surface area contributed by atoms with Crippen LogP contribution in [0.5, 0.6) is 0 Å². The van der Waals surface area contributed by atoms with Gasteiger partial charge in [-0.1, -0.05) is 19.1 Å². The standard InChI is InChI=1S/C16H21N3/c1-4-5-19-16(14-6-12(2)8-17-10-14)15-7-13(3)9-18-11-15/h6-11,16,19H,4-5H2,1-3H3. The summed E-state index contributed by atoms with van der Waals surface area (Å²) in [6.45, 7) is 7.29. The second kappa shape index (κ2) is 6.43. The van der Waals surface area contributed by atoms with Gasteiger partial charge in [0.05, 0.1) is 6.04 Å². The lowest BCUT2D eigenvalue weighted by Crippen LogP contribution is -2.23. The van der Waals surface area contributed by atoms with Crippen molar-refractivity contribution in [2.75, 3.05) is 6.54 Å². The largest absolute Gasteiger partial charge is 0.306 e. The van der Waals surface area contributed by atoms with Crippen molar-refractivity contribution in [3.05, 3.63) is 59.2 Å². The monoisotopic (exact) mass is 255 g/mol. The molecule has 19 heavy (non-hydrogen) atoms. The molecular formula is C16H21N3. The van der Waals surface area contributed by atoms with Crippen molar-refractivity contribution in [3.8, 4) is 0 Å². The third kappa shape index (κ3) is 3.61. The molecule has 0 saturated heterocycles. The van der Waals surface area contributed by atoms with Gasteiger partial charge >= 0.3 is 0 Å². The topological polar surface area (TPSA) is 37.8 Å². The fraction of sp³-hybridized carbons (Fsp3) is 0.375. The molecule has 2 aromatic heterocycles. The Morgan fingerprint density at radius 2 is 1.47 bits per heavy atom. The van der Waals surface area contributed by atoms with Crippen molar-refractivity contribution in [1.82, 2.24) is 15.3 Å². The molecule has 2 heterocycles. The first kappa shape index (κ1) is 13.7. The van der Waals surface area contributed by atoms with Crippen LogP contribution in [0.1, 0.15) is 41.6 Å². The van der Waals surface area contributed by atoms with Crippen LogP contribution in [0.4, 0.5) is 0 Å². The molecule has 2 rings (SSSR count). The van der Waals surface area contributed by atoms with Gasteiger partial charge in [-0.05, 0) is 49.1 Å². The zero-order valence-electron chi connectivity index (χ0n) is 11.9. The van der Waals surface area contributed by atoms with E-state index in [9.17, 15) is 0 Å². The molecule has 0 bridgehead atoms. The molecule has 100 valence electrons. The highest BCUT2D eigenvalue weighted by molar-refractivity contribution is 5.31. The van der Waals surface area contributed by atoms with Gasteiger partial charge in [0.1, 0.15) is 0 Å². The van der Waals surface area contributed by atoms with Crippen molar-refractivity contribution >= 4 is 0 Å². The van der Waals surface area contributed by atoms with Crippen LogP contribution in [0, 0.1) is 13.8 Å². The van der Waals surface area contributed by atoms with Crippen molar-refractivity contribution in [3.63, 3.8) is 0 Å². The van der Waals surface area contributed by atoms with Gasteiger partial charge in [0.2, 0.25) is 0 Å². The van der Waals surface area contributed by atoms with E-state index in [1.807, 2.05) is 24.8 Å². The minimum absolute atomic E-state index is 0.166. The maximum Gasteiger partial charge on any atom is 0.0607 e. The van der Waals surface area contributed by atoms with Crippen LogP contribution in [0.2, 0.25) is 0 Å². The normalized spacial score (nSPS) is 10.9. The van der Waals surface area contributed by atoms with Gasteiger partial charge in [0, 0.05) is 24.8 Å². The van der Waals surface area contributed by atoms with E-state index in [2.05, 4.69) is 48.2 Å². The van der Waals surface area contributed by atoms with Crippen molar-refractivity contribution in [1.29, 1.82) is 0 Å². The minimum atomic E-state index is 0.166. The van der Waals surface area contributed by atoms with Crippen LogP contribution in [0.15, 0.2) is 36.9 Å². The molecule has 0 radical (unpaired) electrons. The number of rotatable bonds is 5. The van der Waals surface area contributed by atoms with E-state index in [0.29, 0.717) is 0 Å². The molecule has 3 heteroatoms. The lowest BCUT2D eigenvalue weighted by atomic mass is 9.99. The Hall–Kier alpha value is -1.74. The lowest BCUT2D eigenvalue weighted by molar-refractivity contribution is 0.595. The second-order valence-electron chi connectivity index (χ2n) is 4.98. The summed E-state index contributed by atoms with van der Waals surface area (Å²) in [5.41, 5.74) is 4.75. The second-order valence-corrected chi connectivity index (χ2v) is 4.98. The lowest BCUT2D eigenvalue weighted by Gasteiger charge is -2.19. The van der Waals surface area contributed by atoms with Crippen LogP contribution in [0.25, 0.3) is 0 Å². The number of nitrogens with one attached hydrogen (secondary N) is 1. The first-order chi connectivity index (χ1) is 9.20. The molecule has 0 saturated carbocycles. The van der Waals surface area contributed by atoms with Gasteiger partial charge in [-0.25, -0.2) is 0 Å². The Bertz CT molecular complexity index is 492. The minimum Gasteiger partial charge on any atom is -0.306 e. The van der Waals surface area contributed by atoms with Gasteiger partial charge < -0.3 is 5.32 Å². The van der Waals surface area contributed by atoms with Gasteiger partial charge in [-0.2, -0.15) is 0 Å². The SMILES string of the molecule is CCCNC(c1cncc(C)c1)c1cncc(C)c1. The summed E-state index contributed by atoms with van der Waals surface area (Å²) in [7, 11) is 0. The summed E-state index contributed by atoms with van der Waals surface area (Å²) < 4.78 is 0. The maximum absolute atomic E-state index is 4.30. The van der Waals surface area contributed by atoms with Crippen LogP contribution < -0.4 is 5.32 Å². The highest BCUT2D eigenvalue weighted by Gasteiger charge is 2.14. The van der Waals surface area contributed by atoms with E-state index >= 15 is 0 Å². The quantitative estimate of drug-likeness (QED) is 0.891. The molecule has 3 nitrogen and oxygen atoms in total. The summed E-state index contributed by atoms with van der Waals surface area (Å²) in [4.78, 5) is 8.60. The van der Waals surface area contributed by atoms with E-state index in [1.165, 1.54) is 22.3 Å². The highest BCUT2D eigenvalue weighted by Crippen LogP contribution is 2.22. The third-order valence-electron chi connectivity index (χ3n) is 3.06. The van der Waals surface area contributed by atoms with Crippen molar-refractivity contribution in [2.45, 2.75) is 33.2 Å². The number of hydrogen-bond donors (Lipinski definition) is 1. The predicted molar refractivity (Wildman–Crippen MR) is 78.1 cm³/mol. The Morgan fingerprint density at radius 3 is 1.89 bits per heavy atom. The first-order valence-electron chi connectivity index (χ1n) is 6.77. The maximum atomic E-state index is 4.30. The Labute approximate surface area is 115 Å². The van der Waals surface area contributed by atoms with Crippen molar-refractivity contribution in [2.24, 2.45) is 0 Å².